The number of halogens is 1. The fourth-order valence-corrected chi connectivity index (χ4v) is 3.50. The molecular formula is C15H22BrN3. The van der Waals surface area contributed by atoms with Gasteiger partial charge < -0.3 is 4.90 Å². The van der Waals surface area contributed by atoms with Crippen molar-refractivity contribution >= 4 is 21.7 Å². The van der Waals surface area contributed by atoms with Crippen LogP contribution in [0.25, 0.3) is 0 Å². The van der Waals surface area contributed by atoms with E-state index >= 15 is 0 Å². The average Bonchev–Trinajstić information content (AvgIpc) is 2.96. The molecule has 1 aliphatic carbocycles. The minimum Gasteiger partial charge on any atom is -0.354 e. The van der Waals surface area contributed by atoms with Crippen LogP contribution in [0.4, 0.5) is 5.82 Å². The highest BCUT2D eigenvalue weighted by molar-refractivity contribution is 9.10. The molecule has 104 valence electrons. The second-order valence-electron chi connectivity index (χ2n) is 5.75. The number of hydrogen-bond acceptors (Lipinski definition) is 3. The summed E-state index contributed by atoms with van der Waals surface area (Å²) in [4.78, 5) is 9.66. The molecule has 2 fully saturated rings. The normalized spacial score (nSPS) is 22.1. The summed E-state index contributed by atoms with van der Waals surface area (Å²) in [6.07, 6.45) is 7.61. The van der Waals surface area contributed by atoms with E-state index in [1.807, 2.05) is 6.20 Å². The lowest BCUT2D eigenvalue weighted by atomic mass is 10.2. The molecule has 2 aliphatic rings. The molecule has 0 radical (unpaired) electrons. The maximum atomic E-state index is 4.55. The Morgan fingerprint density at radius 1 is 1.16 bits per heavy atom. The Morgan fingerprint density at radius 3 is 2.47 bits per heavy atom. The molecule has 1 aliphatic heterocycles. The summed E-state index contributed by atoms with van der Waals surface area (Å²) in [5, 5.41) is 0. The highest BCUT2D eigenvalue weighted by atomic mass is 79.9. The molecular weight excluding hydrogens is 302 g/mol. The Hall–Kier alpha value is -0.610. The van der Waals surface area contributed by atoms with Gasteiger partial charge in [0.2, 0.25) is 0 Å². The Morgan fingerprint density at radius 2 is 1.84 bits per heavy atom. The summed E-state index contributed by atoms with van der Waals surface area (Å²) in [6.45, 7) is 6.75. The van der Waals surface area contributed by atoms with Gasteiger partial charge in [-0.05, 0) is 47.3 Å². The van der Waals surface area contributed by atoms with Crippen LogP contribution in [-0.2, 0) is 0 Å². The number of aryl methyl sites for hydroxylation is 1. The molecule has 0 bridgehead atoms. The third-order valence-electron chi connectivity index (χ3n) is 4.51. The lowest BCUT2D eigenvalue weighted by Crippen LogP contribution is -2.50. The van der Waals surface area contributed by atoms with Crippen LogP contribution >= 0.6 is 15.9 Å². The van der Waals surface area contributed by atoms with Crippen LogP contribution in [0.15, 0.2) is 16.7 Å². The largest absolute Gasteiger partial charge is 0.354 e. The number of pyridine rings is 1. The Kier molecular flexibility index (Phi) is 4.08. The maximum Gasteiger partial charge on any atom is 0.128 e. The second-order valence-corrected chi connectivity index (χ2v) is 6.61. The van der Waals surface area contributed by atoms with Gasteiger partial charge in [0.05, 0.1) is 0 Å². The summed E-state index contributed by atoms with van der Waals surface area (Å²) < 4.78 is 1.10. The SMILES string of the molecule is Cc1cc(N2CCN(C3CCCC3)CC2)ncc1Br. The van der Waals surface area contributed by atoms with Crippen LogP contribution in [0.2, 0.25) is 0 Å². The molecule has 0 atom stereocenters. The van der Waals surface area contributed by atoms with Gasteiger partial charge in [-0.2, -0.15) is 0 Å². The van der Waals surface area contributed by atoms with Crippen molar-refractivity contribution in [1.82, 2.24) is 9.88 Å². The molecule has 0 amide bonds. The van der Waals surface area contributed by atoms with Crippen LogP contribution in [-0.4, -0.2) is 42.1 Å². The summed E-state index contributed by atoms with van der Waals surface area (Å²) >= 11 is 3.52. The molecule has 2 heterocycles. The number of anilines is 1. The van der Waals surface area contributed by atoms with Gasteiger partial charge in [0, 0.05) is 42.9 Å². The van der Waals surface area contributed by atoms with Crippen molar-refractivity contribution in [2.45, 2.75) is 38.6 Å². The van der Waals surface area contributed by atoms with Gasteiger partial charge in [0.25, 0.3) is 0 Å². The number of piperazine rings is 1. The average molecular weight is 324 g/mol. The van der Waals surface area contributed by atoms with Crippen molar-refractivity contribution < 1.29 is 0 Å². The third kappa shape index (κ3) is 2.95. The first-order chi connectivity index (χ1) is 9.24. The molecule has 19 heavy (non-hydrogen) atoms. The third-order valence-corrected chi connectivity index (χ3v) is 5.34. The number of aromatic nitrogens is 1. The van der Waals surface area contributed by atoms with Crippen LogP contribution < -0.4 is 4.90 Å². The molecule has 1 saturated carbocycles. The molecule has 3 nitrogen and oxygen atoms in total. The maximum absolute atomic E-state index is 4.55. The molecule has 0 spiro atoms. The van der Waals surface area contributed by atoms with Crippen LogP contribution in [0, 0.1) is 6.92 Å². The Balaban J connectivity index is 1.61. The number of nitrogens with zero attached hydrogens (tertiary/aromatic N) is 3. The van der Waals surface area contributed by atoms with Gasteiger partial charge in [-0.3, -0.25) is 4.90 Å². The topological polar surface area (TPSA) is 19.4 Å². The van der Waals surface area contributed by atoms with Crippen molar-refractivity contribution in [3.8, 4) is 0 Å². The van der Waals surface area contributed by atoms with Gasteiger partial charge in [0.15, 0.2) is 0 Å². The van der Waals surface area contributed by atoms with Crippen molar-refractivity contribution in [3.63, 3.8) is 0 Å². The van der Waals surface area contributed by atoms with E-state index in [0.717, 1.165) is 29.4 Å². The van der Waals surface area contributed by atoms with Gasteiger partial charge in [-0.15, -0.1) is 0 Å². The predicted octanol–water partition coefficient (Wildman–Crippen LogP) is 3.22. The van der Waals surface area contributed by atoms with E-state index in [1.165, 1.54) is 44.3 Å². The quantitative estimate of drug-likeness (QED) is 0.833. The fraction of sp³-hybridized carbons (Fsp3) is 0.667. The highest BCUT2D eigenvalue weighted by Gasteiger charge is 2.26. The molecule has 4 heteroatoms. The monoisotopic (exact) mass is 323 g/mol. The summed E-state index contributed by atoms with van der Waals surface area (Å²) in [5.41, 5.74) is 1.27. The van der Waals surface area contributed by atoms with E-state index < -0.39 is 0 Å². The lowest BCUT2D eigenvalue weighted by Gasteiger charge is -2.38. The van der Waals surface area contributed by atoms with Crippen molar-refractivity contribution in [2.24, 2.45) is 0 Å². The first-order valence-corrected chi connectivity index (χ1v) is 8.14. The first kappa shape index (κ1) is 13.4. The van der Waals surface area contributed by atoms with E-state index in [-0.39, 0.29) is 0 Å². The summed E-state index contributed by atoms with van der Waals surface area (Å²) in [7, 11) is 0. The van der Waals surface area contributed by atoms with Crippen LogP contribution in [0.3, 0.4) is 0 Å². The van der Waals surface area contributed by atoms with Gasteiger partial charge in [-0.1, -0.05) is 12.8 Å². The first-order valence-electron chi connectivity index (χ1n) is 7.35. The minimum atomic E-state index is 0.863. The molecule has 0 N–H and O–H groups in total. The number of rotatable bonds is 2. The van der Waals surface area contributed by atoms with Crippen molar-refractivity contribution in [3.05, 3.63) is 22.3 Å². The highest BCUT2D eigenvalue weighted by Crippen LogP contribution is 2.26. The van der Waals surface area contributed by atoms with Crippen LogP contribution in [0.1, 0.15) is 31.2 Å². The summed E-state index contributed by atoms with van der Waals surface area (Å²) in [6, 6.07) is 3.05. The molecule has 3 rings (SSSR count). The fourth-order valence-electron chi connectivity index (χ4n) is 3.28. The lowest BCUT2D eigenvalue weighted by molar-refractivity contribution is 0.187. The van der Waals surface area contributed by atoms with Crippen molar-refractivity contribution in [2.75, 3.05) is 31.1 Å². The Labute approximate surface area is 124 Å². The molecule has 0 unspecified atom stereocenters. The van der Waals surface area contributed by atoms with E-state index in [1.54, 1.807) is 0 Å². The van der Waals surface area contributed by atoms with E-state index in [0.29, 0.717) is 0 Å². The molecule has 1 saturated heterocycles. The van der Waals surface area contributed by atoms with Gasteiger partial charge in [0.1, 0.15) is 5.82 Å². The Bertz CT molecular complexity index is 435. The molecule has 1 aromatic heterocycles. The van der Waals surface area contributed by atoms with Crippen LogP contribution in [0.5, 0.6) is 0 Å². The number of hydrogen-bond donors (Lipinski definition) is 0. The van der Waals surface area contributed by atoms with E-state index in [2.05, 4.69) is 43.7 Å². The smallest absolute Gasteiger partial charge is 0.128 e. The molecule has 1 aromatic rings. The zero-order chi connectivity index (χ0) is 13.2. The zero-order valence-corrected chi connectivity index (χ0v) is 13.2. The summed E-state index contributed by atoms with van der Waals surface area (Å²) in [5.74, 6) is 1.13. The zero-order valence-electron chi connectivity index (χ0n) is 11.6. The minimum absolute atomic E-state index is 0.863. The van der Waals surface area contributed by atoms with E-state index in [9.17, 15) is 0 Å². The standard InChI is InChI=1S/C15H22BrN3/c1-12-10-15(17-11-14(12)16)19-8-6-18(7-9-19)13-4-2-3-5-13/h10-11,13H,2-9H2,1H3. The molecule has 0 aromatic carbocycles. The second kappa shape index (κ2) is 5.80. The van der Waals surface area contributed by atoms with E-state index in [4.69, 9.17) is 0 Å². The predicted molar refractivity (Wildman–Crippen MR) is 82.7 cm³/mol. The van der Waals surface area contributed by atoms with Gasteiger partial charge >= 0.3 is 0 Å². The van der Waals surface area contributed by atoms with Gasteiger partial charge in [-0.25, -0.2) is 4.98 Å². The van der Waals surface area contributed by atoms with Crippen molar-refractivity contribution in [1.29, 1.82) is 0 Å².